The Morgan fingerprint density at radius 1 is 1.42 bits per heavy atom. The molecule has 1 aliphatic heterocycles. The number of ketones is 1. The van der Waals surface area contributed by atoms with E-state index in [4.69, 9.17) is 16.9 Å². The Morgan fingerprint density at radius 2 is 2.15 bits per heavy atom. The predicted molar refractivity (Wildman–Crippen MR) is 121 cm³/mol. The number of hydrogen-bond donors (Lipinski definition) is 0. The van der Waals surface area contributed by atoms with E-state index in [2.05, 4.69) is 29.8 Å². The maximum Gasteiger partial charge on any atom is 1.00 e. The molecule has 0 aliphatic carbocycles. The second kappa shape index (κ2) is 14.7. The quantitative estimate of drug-likeness (QED) is 0.240. The van der Waals surface area contributed by atoms with Crippen molar-refractivity contribution in [3.63, 3.8) is 0 Å². The van der Waals surface area contributed by atoms with Crippen LogP contribution in [-0.4, -0.2) is 46.2 Å². The van der Waals surface area contributed by atoms with Crippen LogP contribution < -0.4 is 18.9 Å². The molecule has 0 amide bonds. The van der Waals surface area contributed by atoms with E-state index in [-0.39, 0.29) is 36.4 Å². The summed E-state index contributed by atoms with van der Waals surface area (Å²) in [7, 11) is 0. The Hall–Kier alpha value is -2.35. The first-order valence-electron chi connectivity index (χ1n) is 10.2. The van der Waals surface area contributed by atoms with Gasteiger partial charge in [-0.05, 0) is 49.2 Å². The van der Waals surface area contributed by atoms with Crippen LogP contribution in [0.25, 0.3) is 0 Å². The molecule has 1 aromatic heterocycles. The number of imidazole rings is 1. The van der Waals surface area contributed by atoms with Crippen LogP contribution in [0.5, 0.6) is 0 Å². The van der Waals surface area contributed by atoms with Crippen LogP contribution in [0.2, 0.25) is 5.02 Å². The predicted octanol–water partition coefficient (Wildman–Crippen LogP) is 1.01. The van der Waals surface area contributed by atoms with Crippen LogP contribution in [0, 0.1) is 36.9 Å². The fourth-order valence-electron chi connectivity index (χ4n) is 3.23. The summed E-state index contributed by atoms with van der Waals surface area (Å²) in [6, 6.07) is 6.48. The molecule has 0 unspecified atom stereocenters. The van der Waals surface area contributed by atoms with Gasteiger partial charge in [0.2, 0.25) is 0 Å². The van der Waals surface area contributed by atoms with E-state index in [1.165, 1.54) is 24.4 Å². The molecule has 0 spiro atoms. The molecule has 2 aromatic rings. The zero-order valence-corrected chi connectivity index (χ0v) is 19.5. The molecule has 0 radical (unpaired) electrons. The summed E-state index contributed by atoms with van der Waals surface area (Å²) in [5.41, 5.74) is 1.37. The number of benzene rings is 1. The maximum atomic E-state index is 12.9. The first-order chi connectivity index (χ1) is 15.4. The molecule has 3 rings (SSSR count). The molecule has 0 bridgehead atoms. The van der Waals surface area contributed by atoms with Crippen molar-refractivity contribution in [2.24, 2.45) is 5.92 Å². The van der Waals surface area contributed by atoms with Gasteiger partial charge in [0.1, 0.15) is 5.82 Å². The van der Waals surface area contributed by atoms with Crippen LogP contribution in [0.1, 0.15) is 34.7 Å². The topological polar surface area (TPSA) is 79.0 Å². The molecule has 0 atom stereocenters. The SMILES string of the molecule is N#CC1CN(C/C=C/[C-]=O)C1.[CH2-]Cn1c(C(=O)CCCc2ccc(F)cc2Cl)cnc1[CH2-].[Li+]. The van der Waals surface area contributed by atoms with Gasteiger partial charge in [-0.1, -0.05) is 17.7 Å². The molecule has 170 valence electrons. The smallest absolute Gasteiger partial charge is 0.419 e. The van der Waals surface area contributed by atoms with Gasteiger partial charge in [0.25, 0.3) is 0 Å². The minimum absolute atomic E-state index is 0. The molecule has 2 heterocycles. The van der Waals surface area contributed by atoms with E-state index < -0.39 is 0 Å². The molecule has 6 nitrogen and oxygen atoms in total. The number of rotatable bonds is 9. The van der Waals surface area contributed by atoms with Gasteiger partial charge < -0.3 is 28.1 Å². The van der Waals surface area contributed by atoms with Crippen molar-refractivity contribution in [3.05, 3.63) is 78.3 Å². The van der Waals surface area contributed by atoms with Gasteiger partial charge >= 0.3 is 18.9 Å². The van der Waals surface area contributed by atoms with Crippen molar-refractivity contribution in [2.45, 2.75) is 25.8 Å². The summed E-state index contributed by atoms with van der Waals surface area (Å²) in [5, 5.41) is 8.81. The van der Waals surface area contributed by atoms with Crippen molar-refractivity contribution < 1.29 is 32.8 Å². The number of likely N-dealkylation sites (tertiary alicyclic amines) is 1. The Morgan fingerprint density at radius 3 is 2.76 bits per heavy atom. The van der Waals surface area contributed by atoms with E-state index in [9.17, 15) is 14.0 Å². The molecule has 0 saturated carbocycles. The molecular formula is C24H25ClFLiN4O2-2. The largest absolute Gasteiger partial charge is 1.00 e. The molecule has 33 heavy (non-hydrogen) atoms. The number of carbonyl (C=O) groups is 1. The van der Waals surface area contributed by atoms with Gasteiger partial charge in [-0.15, -0.1) is 6.54 Å². The molecule has 1 saturated heterocycles. The van der Waals surface area contributed by atoms with Crippen molar-refractivity contribution in [2.75, 3.05) is 19.6 Å². The van der Waals surface area contributed by atoms with Crippen LogP contribution in [0.15, 0.2) is 36.5 Å². The summed E-state index contributed by atoms with van der Waals surface area (Å²) in [5.74, 6) is 0.375. The zero-order valence-electron chi connectivity index (χ0n) is 18.8. The molecule has 1 aliphatic rings. The zero-order chi connectivity index (χ0) is 23.5. The minimum Gasteiger partial charge on any atom is -0.419 e. The minimum atomic E-state index is -0.359. The molecule has 1 fully saturated rings. The van der Waals surface area contributed by atoms with Crippen LogP contribution >= 0.6 is 11.6 Å². The first-order valence-corrected chi connectivity index (χ1v) is 10.6. The summed E-state index contributed by atoms with van der Waals surface area (Å²) in [4.78, 5) is 28.0. The number of hydrogen-bond acceptors (Lipinski definition) is 5. The van der Waals surface area contributed by atoms with E-state index in [1.54, 1.807) is 23.0 Å². The average molecular weight is 463 g/mol. The number of allylic oxidation sites excluding steroid dienone is 1. The van der Waals surface area contributed by atoms with E-state index in [0.29, 0.717) is 42.3 Å². The van der Waals surface area contributed by atoms with Gasteiger partial charge in [-0.2, -0.15) is 11.3 Å². The van der Waals surface area contributed by atoms with Gasteiger partial charge in [0.15, 0.2) is 5.78 Å². The van der Waals surface area contributed by atoms with E-state index in [1.807, 2.05) is 0 Å². The Labute approximate surface area is 211 Å². The molecular weight excluding hydrogens is 438 g/mol. The monoisotopic (exact) mass is 462 g/mol. The Bertz CT molecular complexity index is 997. The van der Waals surface area contributed by atoms with Gasteiger partial charge in [0.05, 0.1) is 23.9 Å². The second-order valence-corrected chi connectivity index (χ2v) is 7.70. The third-order valence-corrected chi connectivity index (χ3v) is 5.35. The number of Topliss-reactive ketones (excluding diaryl/α,β-unsaturated/α-hetero) is 1. The van der Waals surface area contributed by atoms with Crippen LogP contribution in [0.3, 0.4) is 0 Å². The van der Waals surface area contributed by atoms with Crippen molar-refractivity contribution >= 4 is 23.7 Å². The standard InChI is InChI=1S/C16H16ClFN2O.C8H9N2O.Li/c1-3-20-11(2)19-10-15(20)16(21)6-4-5-12-7-8-13(18)9-14(12)17;9-5-8-6-10(7-8)3-1-2-4-11;/h7-10H,1-6H2;1-2,8H,3,6-7H2;/q-2;-1;+1/b;2-1+;. The number of halogens is 2. The average Bonchev–Trinajstić information content (AvgIpc) is 3.12. The first kappa shape index (κ1) is 28.7. The van der Waals surface area contributed by atoms with Crippen molar-refractivity contribution in [3.8, 4) is 6.07 Å². The molecule has 0 N–H and O–H groups in total. The van der Waals surface area contributed by atoms with Gasteiger partial charge in [0, 0.05) is 24.5 Å². The molecule has 1 aromatic carbocycles. The summed E-state index contributed by atoms with van der Waals surface area (Å²) in [6.45, 7) is 10.4. The fraction of sp³-hybridized carbons (Fsp3) is 0.333. The Balaban J connectivity index is 0.000000385. The number of aromatic nitrogens is 2. The third kappa shape index (κ3) is 8.83. The Kier molecular flexibility index (Phi) is 12.8. The third-order valence-electron chi connectivity index (χ3n) is 5.00. The second-order valence-electron chi connectivity index (χ2n) is 7.29. The summed E-state index contributed by atoms with van der Waals surface area (Å²) in [6.07, 6.45) is 7.95. The number of nitriles is 1. The van der Waals surface area contributed by atoms with Gasteiger partial charge in [-0.25, -0.2) is 10.5 Å². The van der Waals surface area contributed by atoms with Crippen molar-refractivity contribution in [1.82, 2.24) is 14.5 Å². The summed E-state index contributed by atoms with van der Waals surface area (Å²) >= 11 is 5.96. The van der Waals surface area contributed by atoms with Crippen LogP contribution in [-0.2, 0) is 17.8 Å². The van der Waals surface area contributed by atoms with Crippen molar-refractivity contribution in [1.29, 1.82) is 5.26 Å². The fourth-order valence-corrected chi connectivity index (χ4v) is 3.49. The van der Waals surface area contributed by atoms with E-state index in [0.717, 1.165) is 25.2 Å². The number of carbonyl (C=O) groups excluding carboxylic acids is 2. The normalized spacial score (nSPS) is 13.4. The van der Waals surface area contributed by atoms with E-state index >= 15 is 0 Å². The maximum absolute atomic E-state index is 12.9. The summed E-state index contributed by atoms with van der Waals surface area (Å²) < 4.78 is 14.6. The number of nitrogens with zero attached hydrogens (tertiary/aromatic N) is 4. The van der Waals surface area contributed by atoms with Gasteiger partial charge in [-0.3, -0.25) is 9.78 Å². The molecule has 9 heteroatoms. The number of aryl methyl sites for hydroxylation is 1. The van der Waals surface area contributed by atoms with Crippen LogP contribution in [0.4, 0.5) is 4.39 Å².